The van der Waals surface area contributed by atoms with Gasteiger partial charge in [0.15, 0.2) is 0 Å². The Balaban J connectivity index is 1.96. The molecule has 1 rings (SSSR count). The topological polar surface area (TPSA) is 41.3 Å². The first-order chi connectivity index (χ1) is 5.72. The van der Waals surface area contributed by atoms with E-state index in [1.807, 2.05) is 0 Å². The Labute approximate surface area is 75.3 Å². The normalized spacial score (nSPS) is 20.0. The van der Waals surface area contributed by atoms with Gasteiger partial charge in [0.25, 0.3) is 0 Å². The zero-order chi connectivity index (χ0) is 8.97. The van der Waals surface area contributed by atoms with Crippen molar-refractivity contribution >= 4 is 0 Å². The second-order valence-electron chi connectivity index (χ2n) is 4.05. The van der Waals surface area contributed by atoms with Crippen molar-refractivity contribution in [2.24, 2.45) is 11.7 Å². The fourth-order valence-electron chi connectivity index (χ4n) is 1.65. The van der Waals surface area contributed by atoms with Gasteiger partial charge in [0.2, 0.25) is 0 Å². The molecule has 0 radical (unpaired) electrons. The van der Waals surface area contributed by atoms with Gasteiger partial charge in [-0.15, -0.1) is 0 Å². The van der Waals surface area contributed by atoms with Crippen LogP contribution in [0, 0.1) is 5.92 Å². The lowest BCUT2D eigenvalue weighted by Gasteiger charge is -2.40. The lowest BCUT2D eigenvalue weighted by molar-refractivity contribution is 0.113. The zero-order valence-electron chi connectivity index (χ0n) is 8.21. The maximum atomic E-state index is 5.39. The van der Waals surface area contributed by atoms with E-state index >= 15 is 0 Å². The molecular formula is C9H21N3. The van der Waals surface area contributed by atoms with Crippen LogP contribution in [-0.4, -0.2) is 43.7 Å². The van der Waals surface area contributed by atoms with Gasteiger partial charge in [-0.05, 0) is 5.92 Å². The number of nitrogens with one attached hydrogen (secondary N) is 1. The van der Waals surface area contributed by atoms with E-state index in [1.54, 1.807) is 0 Å². The molecule has 3 nitrogen and oxygen atoms in total. The molecule has 1 saturated heterocycles. The molecule has 72 valence electrons. The molecule has 0 unspecified atom stereocenters. The van der Waals surface area contributed by atoms with Gasteiger partial charge in [-0.2, -0.15) is 0 Å². The molecule has 0 spiro atoms. The molecule has 1 heterocycles. The minimum Gasteiger partial charge on any atom is -0.329 e. The number of hydrogen-bond acceptors (Lipinski definition) is 3. The molecule has 0 bridgehead atoms. The minimum absolute atomic E-state index is 0.701. The molecule has 0 aliphatic carbocycles. The molecular weight excluding hydrogens is 150 g/mol. The first-order valence-electron chi connectivity index (χ1n) is 4.88. The molecule has 0 aromatic heterocycles. The van der Waals surface area contributed by atoms with Crippen molar-refractivity contribution < 1.29 is 0 Å². The Morgan fingerprint density at radius 3 is 2.67 bits per heavy atom. The van der Waals surface area contributed by atoms with Gasteiger partial charge in [0.1, 0.15) is 0 Å². The monoisotopic (exact) mass is 171 g/mol. The van der Waals surface area contributed by atoms with Crippen molar-refractivity contribution in [2.45, 2.75) is 19.9 Å². The summed E-state index contributed by atoms with van der Waals surface area (Å²) in [6.07, 6.45) is 0. The average molecular weight is 171 g/mol. The minimum atomic E-state index is 0.701. The fraction of sp³-hybridized carbons (Fsp3) is 1.00. The van der Waals surface area contributed by atoms with Crippen LogP contribution in [0.1, 0.15) is 13.8 Å². The molecule has 0 aromatic carbocycles. The standard InChI is InChI=1S/C9H21N3/c1-8(2)5-12-6-9(7-12)11-4-3-10/h8-9,11H,3-7,10H2,1-2H3. The maximum Gasteiger partial charge on any atom is 0.0323 e. The number of hydrogen-bond donors (Lipinski definition) is 2. The van der Waals surface area contributed by atoms with E-state index in [0.29, 0.717) is 6.04 Å². The SMILES string of the molecule is CC(C)CN1CC(NCCN)C1. The van der Waals surface area contributed by atoms with E-state index in [9.17, 15) is 0 Å². The molecule has 1 fully saturated rings. The van der Waals surface area contributed by atoms with Crippen LogP contribution in [0.4, 0.5) is 0 Å². The number of nitrogens with zero attached hydrogens (tertiary/aromatic N) is 1. The van der Waals surface area contributed by atoms with E-state index in [4.69, 9.17) is 5.73 Å². The van der Waals surface area contributed by atoms with Crippen molar-refractivity contribution in [3.63, 3.8) is 0 Å². The predicted octanol–water partition coefficient (Wildman–Crippen LogP) is -0.125. The van der Waals surface area contributed by atoms with Crippen LogP contribution in [-0.2, 0) is 0 Å². The average Bonchev–Trinajstić information content (AvgIpc) is 1.93. The van der Waals surface area contributed by atoms with Crippen LogP contribution < -0.4 is 11.1 Å². The Morgan fingerprint density at radius 2 is 2.17 bits per heavy atom. The summed E-state index contributed by atoms with van der Waals surface area (Å²) >= 11 is 0. The zero-order valence-corrected chi connectivity index (χ0v) is 8.21. The van der Waals surface area contributed by atoms with Crippen molar-refractivity contribution in [1.82, 2.24) is 10.2 Å². The highest BCUT2D eigenvalue weighted by Gasteiger charge is 2.25. The Hall–Kier alpha value is -0.120. The van der Waals surface area contributed by atoms with Crippen LogP contribution >= 0.6 is 0 Å². The van der Waals surface area contributed by atoms with Gasteiger partial charge in [0.05, 0.1) is 0 Å². The van der Waals surface area contributed by atoms with Crippen LogP contribution in [0.25, 0.3) is 0 Å². The van der Waals surface area contributed by atoms with Gasteiger partial charge in [-0.1, -0.05) is 13.8 Å². The third-order valence-electron chi connectivity index (χ3n) is 2.16. The summed E-state index contributed by atoms with van der Waals surface area (Å²) in [5.41, 5.74) is 5.39. The summed E-state index contributed by atoms with van der Waals surface area (Å²) in [6, 6.07) is 0.701. The number of nitrogens with two attached hydrogens (primary N) is 1. The van der Waals surface area contributed by atoms with Crippen LogP contribution in [0.15, 0.2) is 0 Å². The molecule has 3 heteroatoms. The van der Waals surface area contributed by atoms with E-state index in [-0.39, 0.29) is 0 Å². The number of likely N-dealkylation sites (tertiary alicyclic amines) is 1. The van der Waals surface area contributed by atoms with Gasteiger partial charge < -0.3 is 11.1 Å². The van der Waals surface area contributed by atoms with E-state index < -0.39 is 0 Å². The fourth-order valence-corrected chi connectivity index (χ4v) is 1.65. The van der Waals surface area contributed by atoms with Gasteiger partial charge in [-0.3, -0.25) is 4.90 Å². The molecule has 3 N–H and O–H groups in total. The van der Waals surface area contributed by atoms with Crippen molar-refractivity contribution in [2.75, 3.05) is 32.7 Å². The van der Waals surface area contributed by atoms with E-state index in [0.717, 1.165) is 19.0 Å². The van der Waals surface area contributed by atoms with Crippen molar-refractivity contribution in [1.29, 1.82) is 0 Å². The van der Waals surface area contributed by atoms with Crippen LogP contribution in [0.3, 0.4) is 0 Å². The smallest absolute Gasteiger partial charge is 0.0323 e. The maximum absolute atomic E-state index is 5.39. The first-order valence-corrected chi connectivity index (χ1v) is 4.88. The summed E-state index contributed by atoms with van der Waals surface area (Å²) in [7, 11) is 0. The quantitative estimate of drug-likeness (QED) is 0.606. The largest absolute Gasteiger partial charge is 0.329 e. The lowest BCUT2D eigenvalue weighted by atomic mass is 10.1. The Bertz CT molecular complexity index is 119. The molecule has 0 amide bonds. The summed E-state index contributed by atoms with van der Waals surface area (Å²) in [5, 5.41) is 3.41. The lowest BCUT2D eigenvalue weighted by Crippen LogP contribution is -2.59. The summed E-state index contributed by atoms with van der Waals surface area (Å²) in [5.74, 6) is 0.792. The van der Waals surface area contributed by atoms with Gasteiger partial charge in [-0.25, -0.2) is 0 Å². The molecule has 0 saturated carbocycles. The van der Waals surface area contributed by atoms with E-state index in [1.165, 1.54) is 19.6 Å². The highest BCUT2D eigenvalue weighted by atomic mass is 15.2. The predicted molar refractivity (Wildman–Crippen MR) is 52.1 cm³/mol. The Morgan fingerprint density at radius 1 is 1.50 bits per heavy atom. The number of rotatable bonds is 5. The highest BCUT2D eigenvalue weighted by Crippen LogP contribution is 2.09. The van der Waals surface area contributed by atoms with Crippen molar-refractivity contribution in [3.05, 3.63) is 0 Å². The molecule has 0 atom stereocenters. The molecule has 1 aliphatic heterocycles. The summed E-state index contributed by atoms with van der Waals surface area (Å²) in [6.45, 7) is 9.89. The van der Waals surface area contributed by atoms with Gasteiger partial charge >= 0.3 is 0 Å². The van der Waals surface area contributed by atoms with E-state index in [2.05, 4.69) is 24.1 Å². The highest BCUT2D eigenvalue weighted by molar-refractivity contribution is 4.85. The second-order valence-corrected chi connectivity index (χ2v) is 4.05. The Kier molecular flexibility index (Phi) is 3.98. The first kappa shape index (κ1) is 9.96. The summed E-state index contributed by atoms with van der Waals surface area (Å²) in [4.78, 5) is 2.48. The van der Waals surface area contributed by atoms with Crippen LogP contribution in [0.2, 0.25) is 0 Å². The third kappa shape index (κ3) is 3.09. The summed E-state index contributed by atoms with van der Waals surface area (Å²) < 4.78 is 0. The van der Waals surface area contributed by atoms with Gasteiger partial charge in [0, 0.05) is 38.8 Å². The molecule has 0 aromatic rings. The van der Waals surface area contributed by atoms with Crippen molar-refractivity contribution in [3.8, 4) is 0 Å². The van der Waals surface area contributed by atoms with Crippen LogP contribution in [0.5, 0.6) is 0 Å². The molecule has 1 aliphatic rings. The second kappa shape index (κ2) is 4.80. The third-order valence-corrected chi connectivity index (χ3v) is 2.16. The molecule has 12 heavy (non-hydrogen) atoms.